The minimum Gasteiger partial charge on any atom is -0.495 e. The molecule has 1 amide bonds. The van der Waals surface area contributed by atoms with E-state index in [0.717, 1.165) is 24.5 Å². The predicted molar refractivity (Wildman–Crippen MR) is 83.0 cm³/mol. The number of anilines is 1. The van der Waals surface area contributed by atoms with Crippen molar-refractivity contribution in [3.8, 4) is 5.75 Å². The Balaban J connectivity index is 2.11. The molecule has 1 aliphatic heterocycles. The molecule has 1 N–H and O–H groups in total. The molecule has 1 fully saturated rings. The molecule has 1 aliphatic rings. The van der Waals surface area contributed by atoms with Crippen LogP contribution in [0, 0.1) is 0 Å². The number of rotatable bonds is 4. The van der Waals surface area contributed by atoms with Crippen LogP contribution < -0.4 is 9.64 Å². The summed E-state index contributed by atoms with van der Waals surface area (Å²) in [5.41, 5.74) is 2.32. The second kappa shape index (κ2) is 6.80. The van der Waals surface area contributed by atoms with Crippen molar-refractivity contribution in [1.82, 2.24) is 4.90 Å². The van der Waals surface area contributed by atoms with E-state index >= 15 is 0 Å². The van der Waals surface area contributed by atoms with E-state index < -0.39 is 6.61 Å². The van der Waals surface area contributed by atoms with Gasteiger partial charge in [0.1, 0.15) is 12.4 Å². The van der Waals surface area contributed by atoms with E-state index in [1.54, 1.807) is 12.0 Å². The van der Waals surface area contributed by atoms with Crippen LogP contribution in [0.15, 0.2) is 18.2 Å². The van der Waals surface area contributed by atoms with Crippen molar-refractivity contribution in [2.45, 2.75) is 19.8 Å². The number of amides is 1. The lowest BCUT2D eigenvalue weighted by Gasteiger charge is -2.36. The van der Waals surface area contributed by atoms with Gasteiger partial charge in [-0.05, 0) is 23.6 Å². The van der Waals surface area contributed by atoms with Crippen molar-refractivity contribution in [3.63, 3.8) is 0 Å². The number of benzene rings is 1. The maximum absolute atomic E-state index is 11.5. The lowest BCUT2D eigenvalue weighted by atomic mass is 10.0. The summed E-state index contributed by atoms with van der Waals surface area (Å²) in [5.74, 6) is 1.15. The van der Waals surface area contributed by atoms with E-state index in [-0.39, 0.29) is 5.91 Å². The van der Waals surface area contributed by atoms with Crippen LogP contribution in [0.2, 0.25) is 0 Å². The fourth-order valence-corrected chi connectivity index (χ4v) is 2.61. The average Bonchev–Trinajstić information content (AvgIpc) is 2.53. The second-order valence-electron chi connectivity index (χ2n) is 5.61. The summed E-state index contributed by atoms with van der Waals surface area (Å²) in [6, 6.07) is 6.32. The number of carbonyl (C=O) groups excluding carboxylic acids is 1. The average molecular weight is 292 g/mol. The number of nitrogens with zero attached hydrogens (tertiary/aromatic N) is 2. The first kappa shape index (κ1) is 15.6. The topological polar surface area (TPSA) is 53.0 Å². The van der Waals surface area contributed by atoms with E-state index in [1.165, 1.54) is 5.56 Å². The third-order valence-corrected chi connectivity index (χ3v) is 3.98. The van der Waals surface area contributed by atoms with Gasteiger partial charge in [-0.25, -0.2) is 0 Å². The fraction of sp³-hybridized carbons (Fsp3) is 0.562. The van der Waals surface area contributed by atoms with Crippen LogP contribution in [0.1, 0.15) is 25.3 Å². The number of piperazine rings is 1. The SMILES string of the molecule is COc1cc(C(C)C)ccc1N1CCN(C(=O)CO)CC1. The van der Waals surface area contributed by atoms with Crippen molar-refractivity contribution in [2.24, 2.45) is 0 Å². The number of aliphatic hydroxyl groups excluding tert-OH is 1. The molecular formula is C16H24N2O3. The molecule has 116 valence electrons. The molecule has 0 spiro atoms. The highest BCUT2D eigenvalue weighted by atomic mass is 16.5. The molecule has 5 heteroatoms. The minimum absolute atomic E-state index is 0.197. The summed E-state index contributed by atoms with van der Waals surface area (Å²) < 4.78 is 5.52. The normalized spacial score (nSPS) is 15.5. The van der Waals surface area contributed by atoms with Gasteiger partial charge in [-0.15, -0.1) is 0 Å². The summed E-state index contributed by atoms with van der Waals surface area (Å²) >= 11 is 0. The number of hydrogen-bond acceptors (Lipinski definition) is 4. The highest BCUT2D eigenvalue weighted by molar-refractivity contribution is 5.77. The molecule has 0 atom stereocenters. The molecule has 0 aromatic heterocycles. The van der Waals surface area contributed by atoms with Gasteiger partial charge in [0, 0.05) is 26.2 Å². The maximum Gasteiger partial charge on any atom is 0.248 e. The van der Waals surface area contributed by atoms with Crippen LogP contribution in [-0.4, -0.2) is 55.8 Å². The number of ether oxygens (including phenoxy) is 1. The molecule has 1 aromatic rings. The number of aliphatic hydroxyl groups is 1. The smallest absolute Gasteiger partial charge is 0.248 e. The van der Waals surface area contributed by atoms with E-state index in [1.807, 2.05) is 0 Å². The molecule has 1 aromatic carbocycles. The Morgan fingerprint density at radius 2 is 1.95 bits per heavy atom. The first-order chi connectivity index (χ1) is 10.1. The number of methoxy groups -OCH3 is 1. The van der Waals surface area contributed by atoms with Crippen LogP contribution >= 0.6 is 0 Å². The number of hydrogen-bond donors (Lipinski definition) is 1. The maximum atomic E-state index is 11.5. The van der Waals surface area contributed by atoms with Gasteiger partial charge < -0.3 is 19.6 Å². The Morgan fingerprint density at radius 3 is 2.48 bits per heavy atom. The van der Waals surface area contributed by atoms with Crippen LogP contribution in [0.5, 0.6) is 5.75 Å². The van der Waals surface area contributed by atoms with Crippen molar-refractivity contribution in [2.75, 3.05) is 44.8 Å². The molecule has 1 heterocycles. The molecular weight excluding hydrogens is 268 g/mol. The van der Waals surface area contributed by atoms with Gasteiger partial charge in [-0.1, -0.05) is 19.9 Å². The van der Waals surface area contributed by atoms with Crippen molar-refractivity contribution >= 4 is 11.6 Å². The molecule has 2 rings (SSSR count). The largest absolute Gasteiger partial charge is 0.495 e. The first-order valence-corrected chi connectivity index (χ1v) is 7.38. The van der Waals surface area contributed by atoms with E-state index in [9.17, 15) is 4.79 Å². The summed E-state index contributed by atoms with van der Waals surface area (Å²) in [5, 5.41) is 8.91. The quantitative estimate of drug-likeness (QED) is 0.913. The highest BCUT2D eigenvalue weighted by Gasteiger charge is 2.22. The summed E-state index contributed by atoms with van der Waals surface area (Å²) in [6.45, 7) is 6.68. The molecule has 5 nitrogen and oxygen atoms in total. The fourth-order valence-electron chi connectivity index (χ4n) is 2.61. The summed E-state index contributed by atoms with van der Waals surface area (Å²) in [6.07, 6.45) is 0. The van der Waals surface area contributed by atoms with Gasteiger partial charge in [0.2, 0.25) is 5.91 Å². The van der Waals surface area contributed by atoms with E-state index in [2.05, 4.69) is 36.9 Å². The molecule has 21 heavy (non-hydrogen) atoms. The van der Waals surface area contributed by atoms with Crippen molar-refractivity contribution in [1.29, 1.82) is 0 Å². The molecule has 0 unspecified atom stereocenters. The van der Waals surface area contributed by atoms with Crippen LogP contribution in [0.4, 0.5) is 5.69 Å². The van der Waals surface area contributed by atoms with Gasteiger partial charge in [-0.2, -0.15) is 0 Å². The van der Waals surface area contributed by atoms with E-state index in [4.69, 9.17) is 9.84 Å². The third kappa shape index (κ3) is 3.47. The Hall–Kier alpha value is -1.75. The Kier molecular flexibility index (Phi) is 5.07. The minimum atomic E-state index is -0.410. The Bertz CT molecular complexity index is 494. The molecule has 0 radical (unpaired) electrons. The first-order valence-electron chi connectivity index (χ1n) is 7.38. The zero-order valence-corrected chi connectivity index (χ0v) is 13.0. The van der Waals surface area contributed by atoms with Crippen LogP contribution in [0.3, 0.4) is 0 Å². The predicted octanol–water partition coefficient (Wildman–Crippen LogP) is 1.46. The zero-order valence-electron chi connectivity index (χ0n) is 13.0. The molecule has 0 bridgehead atoms. The van der Waals surface area contributed by atoms with Gasteiger partial charge in [0.05, 0.1) is 12.8 Å². The highest BCUT2D eigenvalue weighted by Crippen LogP contribution is 2.32. The van der Waals surface area contributed by atoms with Crippen LogP contribution in [-0.2, 0) is 4.79 Å². The Labute approximate surface area is 126 Å². The lowest BCUT2D eigenvalue weighted by molar-refractivity contribution is -0.134. The molecule has 1 saturated heterocycles. The monoisotopic (exact) mass is 292 g/mol. The second-order valence-corrected chi connectivity index (χ2v) is 5.61. The summed E-state index contributed by atoms with van der Waals surface area (Å²) in [7, 11) is 1.69. The molecule has 0 aliphatic carbocycles. The van der Waals surface area contributed by atoms with Crippen LogP contribution in [0.25, 0.3) is 0 Å². The van der Waals surface area contributed by atoms with Crippen molar-refractivity contribution < 1.29 is 14.6 Å². The summed E-state index contributed by atoms with van der Waals surface area (Å²) in [4.78, 5) is 15.4. The third-order valence-electron chi connectivity index (χ3n) is 3.98. The van der Waals surface area contributed by atoms with Gasteiger partial charge in [0.15, 0.2) is 0 Å². The number of carbonyl (C=O) groups is 1. The van der Waals surface area contributed by atoms with Crippen molar-refractivity contribution in [3.05, 3.63) is 23.8 Å². The molecule has 0 saturated carbocycles. The van der Waals surface area contributed by atoms with Gasteiger partial charge in [-0.3, -0.25) is 4.79 Å². The standard InChI is InChI=1S/C16H24N2O3/c1-12(2)13-4-5-14(15(10-13)21-3)17-6-8-18(9-7-17)16(20)11-19/h4-5,10,12,19H,6-9,11H2,1-3H3. The lowest BCUT2D eigenvalue weighted by Crippen LogP contribution is -2.49. The zero-order chi connectivity index (χ0) is 15.4. The Morgan fingerprint density at radius 1 is 1.29 bits per heavy atom. The van der Waals surface area contributed by atoms with Gasteiger partial charge >= 0.3 is 0 Å². The van der Waals surface area contributed by atoms with Gasteiger partial charge in [0.25, 0.3) is 0 Å². The van der Waals surface area contributed by atoms with E-state index in [0.29, 0.717) is 19.0 Å².